The van der Waals surface area contributed by atoms with Gasteiger partial charge in [-0.15, -0.1) is 0 Å². The number of guanidine groups is 1. The molecule has 21 heavy (non-hydrogen) atoms. The molecule has 0 bridgehead atoms. The van der Waals surface area contributed by atoms with Gasteiger partial charge in [0.05, 0.1) is 0 Å². The largest absolute Gasteiger partial charge is 0.356 e. The zero-order chi connectivity index (χ0) is 15.1. The van der Waals surface area contributed by atoms with Crippen LogP contribution < -0.4 is 10.6 Å². The second-order valence-corrected chi connectivity index (χ2v) is 4.46. The summed E-state index contributed by atoms with van der Waals surface area (Å²) in [4.78, 5) is 8.23. The SMILES string of the molecule is CN=C(NCCc1nc(C)no1)NCc1ccc(F)cc1. The quantitative estimate of drug-likeness (QED) is 0.644. The van der Waals surface area contributed by atoms with Crippen LogP contribution in [0.2, 0.25) is 0 Å². The molecule has 1 aromatic carbocycles. The molecule has 0 saturated carbocycles. The van der Waals surface area contributed by atoms with Gasteiger partial charge in [0.1, 0.15) is 5.82 Å². The van der Waals surface area contributed by atoms with Crippen molar-refractivity contribution in [2.24, 2.45) is 4.99 Å². The molecule has 7 heteroatoms. The van der Waals surface area contributed by atoms with Crippen molar-refractivity contribution in [1.82, 2.24) is 20.8 Å². The van der Waals surface area contributed by atoms with E-state index >= 15 is 0 Å². The number of aliphatic imine (C=N–C) groups is 1. The predicted octanol–water partition coefficient (Wildman–Crippen LogP) is 1.42. The molecule has 0 amide bonds. The molecule has 0 unspecified atom stereocenters. The Kier molecular flexibility index (Phi) is 5.25. The van der Waals surface area contributed by atoms with Crippen molar-refractivity contribution < 1.29 is 8.91 Å². The molecule has 2 rings (SSSR count). The highest BCUT2D eigenvalue weighted by Crippen LogP contribution is 2.02. The van der Waals surface area contributed by atoms with Gasteiger partial charge in [-0.2, -0.15) is 4.98 Å². The molecule has 0 aliphatic heterocycles. The van der Waals surface area contributed by atoms with Crippen LogP contribution in [-0.2, 0) is 13.0 Å². The predicted molar refractivity (Wildman–Crippen MR) is 77.3 cm³/mol. The molecule has 1 aromatic heterocycles. The van der Waals surface area contributed by atoms with Crippen LogP contribution in [0.5, 0.6) is 0 Å². The molecule has 112 valence electrons. The Bertz CT molecular complexity index is 594. The molecule has 0 aliphatic carbocycles. The normalized spacial score (nSPS) is 11.5. The maximum Gasteiger partial charge on any atom is 0.228 e. The third-order valence-corrected chi connectivity index (χ3v) is 2.80. The van der Waals surface area contributed by atoms with Gasteiger partial charge in [0.25, 0.3) is 0 Å². The minimum atomic E-state index is -0.240. The van der Waals surface area contributed by atoms with Crippen molar-refractivity contribution in [3.05, 3.63) is 47.4 Å². The second kappa shape index (κ2) is 7.37. The van der Waals surface area contributed by atoms with Gasteiger partial charge < -0.3 is 15.2 Å². The van der Waals surface area contributed by atoms with Crippen LogP contribution >= 0.6 is 0 Å². The van der Waals surface area contributed by atoms with E-state index in [9.17, 15) is 4.39 Å². The van der Waals surface area contributed by atoms with Crippen LogP contribution in [0.1, 0.15) is 17.3 Å². The van der Waals surface area contributed by atoms with E-state index < -0.39 is 0 Å². The average molecular weight is 291 g/mol. The summed E-state index contributed by atoms with van der Waals surface area (Å²) in [5.41, 5.74) is 0.979. The van der Waals surface area contributed by atoms with Crippen LogP contribution in [0, 0.1) is 12.7 Å². The second-order valence-electron chi connectivity index (χ2n) is 4.46. The van der Waals surface area contributed by atoms with E-state index in [0.717, 1.165) is 5.56 Å². The van der Waals surface area contributed by atoms with Crippen LogP contribution in [-0.4, -0.2) is 29.7 Å². The van der Waals surface area contributed by atoms with Gasteiger partial charge >= 0.3 is 0 Å². The van der Waals surface area contributed by atoms with Gasteiger partial charge in [-0.05, 0) is 24.6 Å². The van der Waals surface area contributed by atoms with Gasteiger partial charge in [0.15, 0.2) is 11.8 Å². The maximum atomic E-state index is 12.8. The number of aryl methyl sites for hydroxylation is 1. The molecule has 0 spiro atoms. The van der Waals surface area contributed by atoms with E-state index in [0.29, 0.717) is 37.2 Å². The van der Waals surface area contributed by atoms with E-state index in [2.05, 4.69) is 25.8 Å². The number of hydrogen-bond donors (Lipinski definition) is 2. The van der Waals surface area contributed by atoms with Crippen molar-refractivity contribution in [3.63, 3.8) is 0 Å². The van der Waals surface area contributed by atoms with Crippen molar-refractivity contribution in [2.45, 2.75) is 19.9 Å². The molecule has 6 nitrogen and oxygen atoms in total. The standard InChI is InChI=1S/C14H18FN5O/c1-10-19-13(21-20-10)7-8-17-14(16-2)18-9-11-3-5-12(15)6-4-11/h3-6H,7-9H2,1-2H3,(H2,16,17,18). The first-order valence-electron chi connectivity index (χ1n) is 6.65. The summed E-state index contributed by atoms with van der Waals surface area (Å²) >= 11 is 0. The monoisotopic (exact) mass is 291 g/mol. The van der Waals surface area contributed by atoms with Crippen LogP contribution in [0.15, 0.2) is 33.8 Å². The summed E-state index contributed by atoms with van der Waals surface area (Å²) in [6.45, 7) is 2.98. The number of aromatic nitrogens is 2. The number of nitrogens with zero attached hydrogens (tertiary/aromatic N) is 3. The molecule has 2 N–H and O–H groups in total. The Morgan fingerprint density at radius 1 is 1.29 bits per heavy atom. The first-order chi connectivity index (χ1) is 10.2. The lowest BCUT2D eigenvalue weighted by atomic mass is 10.2. The Morgan fingerprint density at radius 2 is 2.05 bits per heavy atom. The number of nitrogens with one attached hydrogen (secondary N) is 2. The van der Waals surface area contributed by atoms with Gasteiger partial charge in [0, 0.05) is 26.6 Å². The molecule has 0 atom stereocenters. The van der Waals surface area contributed by atoms with Gasteiger partial charge in [-0.25, -0.2) is 4.39 Å². The third kappa shape index (κ3) is 4.87. The Labute approximate surface area is 122 Å². The number of halogens is 1. The zero-order valence-corrected chi connectivity index (χ0v) is 12.1. The van der Waals surface area contributed by atoms with Crippen LogP contribution in [0.3, 0.4) is 0 Å². The van der Waals surface area contributed by atoms with Crippen molar-refractivity contribution in [1.29, 1.82) is 0 Å². The summed E-state index contributed by atoms with van der Waals surface area (Å²) in [6.07, 6.45) is 0.623. The van der Waals surface area contributed by atoms with Gasteiger partial charge in [0.2, 0.25) is 5.89 Å². The maximum absolute atomic E-state index is 12.8. The van der Waals surface area contributed by atoms with Crippen molar-refractivity contribution in [3.8, 4) is 0 Å². The molecule has 1 heterocycles. The van der Waals surface area contributed by atoms with Crippen LogP contribution in [0.25, 0.3) is 0 Å². The van der Waals surface area contributed by atoms with Gasteiger partial charge in [-0.1, -0.05) is 17.3 Å². The molecule has 0 radical (unpaired) electrons. The van der Waals surface area contributed by atoms with Crippen molar-refractivity contribution in [2.75, 3.05) is 13.6 Å². The fraction of sp³-hybridized carbons (Fsp3) is 0.357. The first-order valence-corrected chi connectivity index (χ1v) is 6.65. The smallest absolute Gasteiger partial charge is 0.228 e. The van der Waals surface area contributed by atoms with Crippen LogP contribution in [0.4, 0.5) is 4.39 Å². The summed E-state index contributed by atoms with van der Waals surface area (Å²) in [6, 6.07) is 6.34. The molecule has 0 aliphatic rings. The number of hydrogen-bond acceptors (Lipinski definition) is 4. The fourth-order valence-electron chi connectivity index (χ4n) is 1.74. The van der Waals surface area contributed by atoms with E-state index in [1.54, 1.807) is 26.1 Å². The Hall–Kier alpha value is -2.44. The lowest BCUT2D eigenvalue weighted by Crippen LogP contribution is -2.37. The third-order valence-electron chi connectivity index (χ3n) is 2.80. The van der Waals surface area contributed by atoms with Gasteiger partial charge in [-0.3, -0.25) is 4.99 Å². The van der Waals surface area contributed by atoms with E-state index in [1.165, 1.54) is 12.1 Å². The van der Waals surface area contributed by atoms with E-state index in [4.69, 9.17) is 4.52 Å². The lowest BCUT2D eigenvalue weighted by Gasteiger charge is -2.11. The minimum Gasteiger partial charge on any atom is -0.356 e. The Morgan fingerprint density at radius 3 is 2.67 bits per heavy atom. The highest BCUT2D eigenvalue weighted by atomic mass is 19.1. The van der Waals surface area contributed by atoms with E-state index in [-0.39, 0.29) is 5.82 Å². The highest BCUT2D eigenvalue weighted by molar-refractivity contribution is 5.79. The highest BCUT2D eigenvalue weighted by Gasteiger charge is 2.03. The summed E-state index contributed by atoms with van der Waals surface area (Å²) in [7, 11) is 1.69. The molecule has 2 aromatic rings. The van der Waals surface area contributed by atoms with Crippen molar-refractivity contribution >= 4 is 5.96 Å². The molecule has 0 saturated heterocycles. The van der Waals surface area contributed by atoms with E-state index in [1.807, 2.05) is 0 Å². The lowest BCUT2D eigenvalue weighted by molar-refractivity contribution is 0.374. The Balaban J connectivity index is 1.74. The molecular formula is C14H18FN5O. The summed E-state index contributed by atoms with van der Waals surface area (Å²) in [5.74, 6) is 1.64. The first kappa shape index (κ1) is 15.0. The number of rotatable bonds is 5. The molecule has 0 fully saturated rings. The topological polar surface area (TPSA) is 75.3 Å². The summed E-state index contributed by atoms with van der Waals surface area (Å²) in [5, 5.41) is 10.0. The zero-order valence-electron chi connectivity index (χ0n) is 12.1. The molecular weight excluding hydrogens is 273 g/mol. The number of benzene rings is 1. The summed E-state index contributed by atoms with van der Waals surface area (Å²) < 4.78 is 17.8. The minimum absolute atomic E-state index is 0.240. The average Bonchev–Trinajstić information content (AvgIpc) is 2.90. The fourth-order valence-corrected chi connectivity index (χ4v) is 1.74.